The van der Waals surface area contributed by atoms with Gasteiger partial charge in [-0.2, -0.15) is 0 Å². The molecule has 0 aromatic heterocycles. The minimum absolute atomic E-state index is 0.0457. The van der Waals surface area contributed by atoms with Gasteiger partial charge >= 0.3 is 0 Å². The smallest absolute Gasteiger partial charge is 0.159 e. The van der Waals surface area contributed by atoms with Crippen molar-refractivity contribution in [3.05, 3.63) is 112 Å². The molecular weight excluding hydrogens is 452 g/mol. The molecule has 0 amide bonds. The van der Waals surface area contributed by atoms with Gasteiger partial charge in [0.25, 0.3) is 0 Å². The molecule has 178 valence electrons. The average Bonchev–Trinajstić information content (AvgIpc) is 2.84. The second-order valence-electron chi connectivity index (χ2n) is 8.34. The van der Waals surface area contributed by atoms with E-state index in [0.717, 1.165) is 36.1 Å². The molecule has 4 aromatic carbocycles. The van der Waals surface area contributed by atoms with E-state index in [1.165, 1.54) is 12.1 Å². The van der Waals surface area contributed by atoms with Crippen LogP contribution in [0.3, 0.4) is 0 Å². The van der Waals surface area contributed by atoms with Crippen LogP contribution in [-0.4, -0.2) is 6.61 Å². The lowest BCUT2D eigenvalue weighted by atomic mass is 10.0. The molecule has 0 saturated carbocycles. The third-order valence-electron chi connectivity index (χ3n) is 5.73. The van der Waals surface area contributed by atoms with Crippen molar-refractivity contribution in [3.63, 3.8) is 0 Å². The van der Waals surface area contributed by atoms with Gasteiger partial charge in [0.1, 0.15) is 17.4 Å². The maximum Gasteiger partial charge on any atom is 0.159 e. The van der Waals surface area contributed by atoms with Gasteiger partial charge in [-0.15, -0.1) is 0 Å². The monoisotopic (exact) mass is 476 g/mol. The summed E-state index contributed by atoms with van der Waals surface area (Å²) in [5.74, 6) is 3.31. The first kappa shape index (κ1) is 24.3. The van der Waals surface area contributed by atoms with Crippen molar-refractivity contribution in [1.82, 2.24) is 0 Å². The van der Waals surface area contributed by atoms with Crippen LogP contribution < -0.4 is 4.74 Å². The fourth-order valence-electron chi connectivity index (χ4n) is 3.72. The van der Waals surface area contributed by atoms with E-state index < -0.39 is 23.3 Å². The second kappa shape index (κ2) is 11.1. The zero-order valence-corrected chi connectivity index (χ0v) is 19.3. The van der Waals surface area contributed by atoms with Crippen molar-refractivity contribution < 1.29 is 22.3 Å². The normalized spacial score (nSPS) is 10.8. The summed E-state index contributed by atoms with van der Waals surface area (Å²) in [4.78, 5) is 0. The summed E-state index contributed by atoms with van der Waals surface area (Å²) in [5, 5.41) is 1.18. The maximum absolute atomic E-state index is 14.4. The molecular formula is C30H24F4O. The third-order valence-corrected chi connectivity index (χ3v) is 5.73. The Morgan fingerprint density at radius 2 is 1.29 bits per heavy atom. The second-order valence-corrected chi connectivity index (χ2v) is 8.34. The first-order valence-electron chi connectivity index (χ1n) is 11.5. The summed E-state index contributed by atoms with van der Waals surface area (Å²) in [6.45, 7) is 2.45. The number of benzene rings is 4. The quantitative estimate of drug-likeness (QED) is 0.150. The molecule has 0 atom stereocenters. The van der Waals surface area contributed by atoms with Crippen molar-refractivity contribution in [2.45, 2.75) is 32.6 Å². The van der Waals surface area contributed by atoms with Crippen molar-refractivity contribution in [3.8, 4) is 17.6 Å². The highest BCUT2D eigenvalue weighted by Crippen LogP contribution is 2.23. The highest BCUT2D eigenvalue weighted by atomic mass is 19.2. The predicted octanol–water partition coefficient (Wildman–Crippen LogP) is 7.76. The number of ether oxygens (including phenoxy) is 1. The molecule has 0 aliphatic heterocycles. The average molecular weight is 477 g/mol. The number of hydrogen-bond acceptors (Lipinski definition) is 1. The van der Waals surface area contributed by atoms with Crippen molar-refractivity contribution >= 4 is 10.8 Å². The Bertz CT molecular complexity index is 1380. The van der Waals surface area contributed by atoms with Crippen LogP contribution in [0.25, 0.3) is 10.8 Å². The SMILES string of the molecule is CCCCOc1cc(F)c(CCc2ccc(C#Cc3ccc4cc(F)c(F)cc4c3)cc2)c(F)c1. The van der Waals surface area contributed by atoms with Crippen molar-refractivity contribution in [2.75, 3.05) is 6.61 Å². The minimum atomic E-state index is -0.894. The molecule has 0 saturated heterocycles. The van der Waals surface area contributed by atoms with Gasteiger partial charge in [-0.3, -0.25) is 0 Å². The molecule has 0 heterocycles. The Labute approximate surface area is 202 Å². The number of fused-ring (bicyclic) bond motifs is 1. The van der Waals surface area contributed by atoms with E-state index >= 15 is 0 Å². The van der Waals surface area contributed by atoms with E-state index in [0.29, 0.717) is 29.4 Å². The van der Waals surface area contributed by atoms with E-state index in [9.17, 15) is 17.6 Å². The van der Waals surface area contributed by atoms with Gasteiger partial charge in [-0.1, -0.05) is 43.4 Å². The lowest BCUT2D eigenvalue weighted by Crippen LogP contribution is -2.02. The summed E-state index contributed by atoms with van der Waals surface area (Å²) in [6, 6.07) is 17.4. The maximum atomic E-state index is 14.4. The summed E-state index contributed by atoms with van der Waals surface area (Å²) in [6.07, 6.45) is 2.48. The minimum Gasteiger partial charge on any atom is -0.493 e. The van der Waals surface area contributed by atoms with Gasteiger partial charge in [0.2, 0.25) is 0 Å². The Balaban J connectivity index is 1.40. The Morgan fingerprint density at radius 3 is 1.97 bits per heavy atom. The van der Waals surface area contributed by atoms with E-state index in [1.807, 2.05) is 31.2 Å². The molecule has 0 unspecified atom stereocenters. The zero-order valence-electron chi connectivity index (χ0n) is 19.3. The molecule has 5 heteroatoms. The van der Waals surface area contributed by atoms with Gasteiger partial charge in [0.05, 0.1) is 6.61 Å². The predicted molar refractivity (Wildman–Crippen MR) is 130 cm³/mol. The number of hydrogen-bond donors (Lipinski definition) is 0. The molecule has 0 radical (unpaired) electrons. The highest BCUT2D eigenvalue weighted by molar-refractivity contribution is 5.84. The van der Waals surface area contributed by atoms with E-state index in [2.05, 4.69) is 11.8 Å². The fourth-order valence-corrected chi connectivity index (χ4v) is 3.72. The largest absolute Gasteiger partial charge is 0.493 e. The van der Waals surface area contributed by atoms with Gasteiger partial charge in [-0.05, 0) is 72.0 Å². The number of unbranched alkanes of at least 4 members (excludes halogenated alkanes) is 1. The van der Waals surface area contributed by atoms with Gasteiger partial charge in [0, 0.05) is 28.8 Å². The van der Waals surface area contributed by atoms with Crippen LogP contribution in [0.2, 0.25) is 0 Å². The number of aryl methyl sites for hydroxylation is 1. The molecule has 35 heavy (non-hydrogen) atoms. The number of rotatable bonds is 7. The van der Waals surface area contributed by atoms with E-state index in [4.69, 9.17) is 4.74 Å². The fraction of sp³-hybridized carbons (Fsp3) is 0.200. The Hall–Kier alpha value is -3.78. The Kier molecular flexibility index (Phi) is 7.72. The van der Waals surface area contributed by atoms with Crippen LogP contribution in [-0.2, 0) is 12.8 Å². The molecule has 4 aromatic rings. The van der Waals surface area contributed by atoms with Crippen LogP contribution in [0.1, 0.15) is 42.0 Å². The molecule has 0 aliphatic rings. The topological polar surface area (TPSA) is 9.23 Å². The van der Waals surface area contributed by atoms with Gasteiger partial charge in [-0.25, -0.2) is 17.6 Å². The molecule has 0 bridgehead atoms. The molecule has 1 nitrogen and oxygen atoms in total. The molecule has 4 rings (SSSR count). The van der Waals surface area contributed by atoms with Crippen molar-refractivity contribution in [1.29, 1.82) is 0 Å². The first-order valence-corrected chi connectivity index (χ1v) is 11.5. The van der Waals surface area contributed by atoms with Crippen molar-refractivity contribution in [2.24, 2.45) is 0 Å². The van der Waals surface area contributed by atoms with Gasteiger partial charge in [0.15, 0.2) is 11.6 Å². The van der Waals surface area contributed by atoms with E-state index in [-0.39, 0.29) is 17.7 Å². The Morgan fingerprint density at radius 1 is 0.657 bits per heavy atom. The van der Waals surface area contributed by atoms with E-state index in [1.54, 1.807) is 18.2 Å². The van der Waals surface area contributed by atoms with Crippen LogP contribution in [0, 0.1) is 35.1 Å². The molecule has 0 aliphatic carbocycles. The lowest BCUT2D eigenvalue weighted by Gasteiger charge is -2.10. The first-order chi connectivity index (χ1) is 16.9. The van der Waals surface area contributed by atoms with Crippen LogP contribution in [0.4, 0.5) is 17.6 Å². The molecule has 0 spiro atoms. The zero-order chi connectivity index (χ0) is 24.8. The third kappa shape index (κ3) is 6.22. The van der Waals surface area contributed by atoms with Gasteiger partial charge < -0.3 is 4.74 Å². The van der Waals surface area contributed by atoms with Crippen LogP contribution in [0.5, 0.6) is 5.75 Å². The molecule has 0 fully saturated rings. The standard InChI is InChI=1S/C30H24F4O/c1-2-3-14-35-25-18-27(31)26(28(32)19-25)13-11-21-6-4-20(5-7-21)8-9-22-10-12-23-16-29(33)30(34)17-24(23)15-22/h4-7,10,12,15-19H,2-3,11,13-14H2,1H3. The summed E-state index contributed by atoms with van der Waals surface area (Å²) < 4.78 is 61.1. The summed E-state index contributed by atoms with van der Waals surface area (Å²) in [7, 11) is 0. The molecule has 0 N–H and O–H groups in total. The number of halogens is 4. The summed E-state index contributed by atoms with van der Waals surface area (Å²) in [5.41, 5.74) is 2.43. The summed E-state index contributed by atoms with van der Waals surface area (Å²) >= 11 is 0. The van der Waals surface area contributed by atoms with Crippen LogP contribution in [0.15, 0.2) is 66.7 Å². The van der Waals surface area contributed by atoms with Crippen LogP contribution >= 0.6 is 0 Å². The highest BCUT2D eigenvalue weighted by Gasteiger charge is 2.12. The lowest BCUT2D eigenvalue weighted by molar-refractivity contribution is 0.305.